The predicted molar refractivity (Wildman–Crippen MR) is 62.2 cm³/mol. The van der Waals surface area contributed by atoms with E-state index in [-0.39, 0.29) is 6.61 Å². The zero-order chi connectivity index (χ0) is 12.4. The molecule has 2 rings (SSSR count). The van der Waals surface area contributed by atoms with Crippen LogP contribution in [0.1, 0.15) is 24.2 Å². The lowest BCUT2D eigenvalue weighted by Crippen LogP contribution is -2.15. The van der Waals surface area contributed by atoms with Gasteiger partial charge in [0.1, 0.15) is 5.75 Å². The van der Waals surface area contributed by atoms with Crippen LogP contribution in [0.5, 0.6) is 5.75 Å². The summed E-state index contributed by atoms with van der Waals surface area (Å²) in [5, 5.41) is 10.2. The molecule has 0 saturated carbocycles. The molecular formula is C12H13ClO4. The van der Waals surface area contributed by atoms with E-state index < -0.39 is 12.1 Å². The summed E-state index contributed by atoms with van der Waals surface area (Å²) in [6, 6.07) is 3.27. The number of halogens is 1. The Balaban J connectivity index is 2.28. The molecule has 4 nitrogen and oxygen atoms in total. The number of ether oxygens (including phenoxy) is 2. The topological polar surface area (TPSA) is 55.8 Å². The van der Waals surface area contributed by atoms with Crippen molar-refractivity contribution in [3.05, 3.63) is 28.3 Å². The Bertz CT molecular complexity index is 444. The molecule has 1 unspecified atom stereocenters. The fraction of sp³-hybridized carbons (Fsp3) is 0.417. The molecule has 0 saturated heterocycles. The number of benzene rings is 1. The second-order valence-corrected chi connectivity index (χ2v) is 4.15. The maximum atomic E-state index is 11.4. The normalized spacial score (nSPS) is 15.0. The lowest BCUT2D eigenvalue weighted by molar-refractivity contribution is -0.153. The van der Waals surface area contributed by atoms with E-state index >= 15 is 0 Å². The monoisotopic (exact) mass is 256 g/mol. The molecule has 1 atom stereocenters. The summed E-state index contributed by atoms with van der Waals surface area (Å²) >= 11 is 6.01. The number of fused-ring (bicyclic) bond motifs is 1. The second-order valence-electron chi connectivity index (χ2n) is 3.74. The summed E-state index contributed by atoms with van der Waals surface area (Å²) in [5.41, 5.74) is 1.36. The maximum absolute atomic E-state index is 11.4. The summed E-state index contributed by atoms with van der Waals surface area (Å²) in [6.07, 6.45) is -0.559. The molecule has 0 bridgehead atoms. The first-order chi connectivity index (χ1) is 8.13. The van der Waals surface area contributed by atoms with Crippen LogP contribution >= 0.6 is 11.6 Å². The van der Waals surface area contributed by atoms with Gasteiger partial charge >= 0.3 is 5.97 Å². The Hall–Kier alpha value is -1.26. The standard InChI is InChI=1S/C12H13ClO4/c1-2-16-12(15)10(14)8-5-7-3-4-17-11(7)9(13)6-8/h5-6,10,14H,2-4H2,1H3. The SMILES string of the molecule is CCOC(=O)C(O)c1cc(Cl)c2c(c1)CCO2. The van der Waals surface area contributed by atoms with Crippen LogP contribution in [0.3, 0.4) is 0 Å². The van der Waals surface area contributed by atoms with Crippen LogP contribution in [-0.2, 0) is 16.0 Å². The Labute approximate surface area is 104 Å². The second kappa shape index (κ2) is 4.94. The number of esters is 1. The molecule has 1 aromatic carbocycles. The van der Waals surface area contributed by atoms with Gasteiger partial charge in [0.25, 0.3) is 0 Å². The van der Waals surface area contributed by atoms with Crippen molar-refractivity contribution >= 4 is 17.6 Å². The number of aliphatic hydroxyl groups is 1. The molecule has 1 aliphatic heterocycles. The highest BCUT2D eigenvalue weighted by Gasteiger charge is 2.23. The van der Waals surface area contributed by atoms with Crippen molar-refractivity contribution in [2.75, 3.05) is 13.2 Å². The van der Waals surface area contributed by atoms with Crippen molar-refractivity contribution in [3.63, 3.8) is 0 Å². The molecule has 1 aliphatic rings. The average molecular weight is 257 g/mol. The van der Waals surface area contributed by atoms with E-state index in [9.17, 15) is 9.90 Å². The van der Waals surface area contributed by atoms with E-state index in [0.717, 1.165) is 12.0 Å². The highest BCUT2D eigenvalue weighted by atomic mass is 35.5. The molecule has 1 aromatic rings. The summed E-state index contributed by atoms with van der Waals surface area (Å²) in [5.74, 6) is -0.0195. The lowest BCUT2D eigenvalue weighted by Gasteiger charge is -2.12. The van der Waals surface area contributed by atoms with Crippen LogP contribution < -0.4 is 4.74 Å². The average Bonchev–Trinajstić information content (AvgIpc) is 2.77. The fourth-order valence-corrected chi connectivity index (χ4v) is 2.10. The molecule has 0 spiro atoms. The van der Waals surface area contributed by atoms with Crippen LogP contribution in [0.25, 0.3) is 0 Å². The summed E-state index contributed by atoms with van der Waals surface area (Å²) in [4.78, 5) is 11.4. The van der Waals surface area contributed by atoms with E-state index in [2.05, 4.69) is 0 Å². The summed E-state index contributed by atoms with van der Waals surface area (Å²) in [6.45, 7) is 2.50. The fourth-order valence-electron chi connectivity index (χ4n) is 1.80. The minimum atomic E-state index is -1.29. The number of carbonyl (C=O) groups excluding carboxylic acids is 1. The van der Waals surface area contributed by atoms with Gasteiger partial charge < -0.3 is 14.6 Å². The molecule has 92 valence electrons. The van der Waals surface area contributed by atoms with Crippen LogP contribution in [0, 0.1) is 0 Å². The molecule has 0 amide bonds. The Morgan fingerprint density at radius 3 is 3.12 bits per heavy atom. The summed E-state index contributed by atoms with van der Waals surface area (Å²) < 4.78 is 10.1. The van der Waals surface area contributed by atoms with Crippen molar-refractivity contribution in [3.8, 4) is 5.75 Å². The molecule has 17 heavy (non-hydrogen) atoms. The first kappa shape index (κ1) is 12.2. The predicted octanol–water partition coefficient (Wildman–Crippen LogP) is 1.87. The van der Waals surface area contributed by atoms with Crippen molar-refractivity contribution < 1.29 is 19.4 Å². The van der Waals surface area contributed by atoms with E-state index in [1.54, 1.807) is 13.0 Å². The lowest BCUT2D eigenvalue weighted by atomic mass is 10.0. The zero-order valence-electron chi connectivity index (χ0n) is 9.40. The third-order valence-electron chi connectivity index (χ3n) is 2.59. The van der Waals surface area contributed by atoms with Gasteiger partial charge in [-0.15, -0.1) is 0 Å². The van der Waals surface area contributed by atoms with Crippen molar-refractivity contribution in [2.45, 2.75) is 19.4 Å². The number of hydrogen-bond donors (Lipinski definition) is 1. The van der Waals surface area contributed by atoms with E-state index in [4.69, 9.17) is 21.1 Å². The molecule has 0 radical (unpaired) electrons. The maximum Gasteiger partial charge on any atom is 0.339 e. The van der Waals surface area contributed by atoms with Gasteiger partial charge in [-0.2, -0.15) is 0 Å². The Morgan fingerprint density at radius 1 is 1.65 bits per heavy atom. The highest BCUT2D eigenvalue weighted by molar-refractivity contribution is 6.32. The van der Waals surface area contributed by atoms with Gasteiger partial charge in [0.15, 0.2) is 6.10 Å². The minimum absolute atomic E-state index is 0.234. The minimum Gasteiger partial charge on any atom is -0.491 e. The third kappa shape index (κ3) is 2.37. The third-order valence-corrected chi connectivity index (χ3v) is 2.87. The highest BCUT2D eigenvalue weighted by Crippen LogP contribution is 2.36. The van der Waals surface area contributed by atoms with Crippen molar-refractivity contribution in [1.29, 1.82) is 0 Å². The number of hydrogen-bond acceptors (Lipinski definition) is 4. The van der Waals surface area contributed by atoms with Gasteiger partial charge in [-0.25, -0.2) is 4.79 Å². The van der Waals surface area contributed by atoms with Crippen LogP contribution in [-0.4, -0.2) is 24.3 Å². The largest absolute Gasteiger partial charge is 0.491 e. The number of aliphatic hydroxyl groups excluding tert-OH is 1. The van der Waals surface area contributed by atoms with Gasteiger partial charge in [-0.05, 0) is 30.2 Å². The van der Waals surface area contributed by atoms with E-state index in [0.29, 0.717) is 22.9 Å². The van der Waals surface area contributed by atoms with Crippen LogP contribution in [0.4, 0.5) is 0 Å². The van der Waals surface area contributed by atoms with Crippen LogP contribution in [0.15, 0.2) is 12.1 Å². The summed E-state index contributed by atoms with van der Waals surface area (Å²) in [7, 11) is 0. The molecule has 0 fully saturated rings. The first-order valence-corrected chi connectivity index (χ1v) is 5.81. The molecular weight excluding hydrogens is 244 g/mol. The Kier molecular flexibility index (Phi) is 3.54. The van der Waals surface area contributed by atoms with E-state index in [1.807, 2.05) is 0 Å². The molecule has 0 aromatic heterocycles. The van der Waals surface area contributed by atoms with Crippen molar-refractivity contribution in [1.82, 2.24) is 0 Å². The van der Waals surface area contributed by atoms with Crippen molar-refractivity contribution in [2.24, 2.45) is 0 Å². The Morgan fingerprint density at radius 2 is 2.41 bits per heavy atom. The van der Waals surface area contributed by atoms with Crippen LogP contribution in [0.2, 0.25) is 5.02 Å². The number of rotatable bonds is 3. The molecule has 0 aliphatic carbocycles. The number of carbonyl (C=O) groups is 1. The van der Waals surface area contributed by atoms with Gasteiger partial charge in [0, 0.05) is 6.42 Å². The quantitative estimate of drug-likeness (QED) is 0.839. The van der Waals surface area contributed by atoms with Gasteiger partial charge in [-0.3, -0.25) is 0 Å². The molecule has 5 heteroatoms. The molecule has 1 heterocycles. The smallest absolute Gasteiger partial charge is 0.339 e. The zero-order valence-corrected chi connectivity index (χ0v) is 10.2. The van der Waals surface area contributed by atoms with Gasteiger partial charge in [-0.1, -0.05) is 11.6 Å². The van der Waals surface area contributed by atoms with Gasteiger partial charge in [0.2, 0.25) is 0 Å². The first-order valence-electron chi connectivity index (χ1n) is 5.43. The molecule has 1 N–H and O–H groups in total. The van der Waals surface area contributed by atoms with E-state index in [1.165, 1.54) is 6.07 Å². The van der Waals surface area contributed by atoms with Gasteiger partial charge in [0.05, 0.1) is 18.2 Å².